The van der Waals surface area contributed by atoms with Gasteiger partial charge in [-0.05, 0) is 26.2 Å². The molecular formula is C11H17F3N6O. The fourth-order valence-corrected chi connectivity index (χ4v) is 1.92. The second kappa shape index (κ2) is 6.29. The van der Waals surface area contributed by atoms with Gasteiger partial charge in [0.1, 0.15) is 0 Å². The molecule has 1 fully saturated rings. The zero-order chi connectivity index (χ0) is 15.5. The van der Waals surface area contributed by atoms with Crippen molar-refractivity contribution in [1.29, 1.82) is 0 Å². The van der Waals surface area contributed by atoms with Gasteiger partial charge in [0.05, 0.1) is 0 Å². The van der Waals surface area contributed by atoms with E-state index in [4.69, 9.17) is 10.6 Å². The molecule has 1 saturated heterocycles. The van der Waals surface area contributed by atoms with Gasteiger partial charge in [0.2, 0.25) is 11.9 Å². The minimum Gasteiger partial charge on any atom is -0.451 e. The number of nitrogens with two attached hydrogens (primary N) is 1. The summed E-state index contributed by atoms with van der Waals surface area (Å²) in [5.74, 6) is 5.47. The molecule has 2 rings (SSSR count). The highest BCUT2D eigenvalue weighted by Crippen LogP contribution is 2.25. The molecule has 1 aliphatic rings. The standard InChI is InChI=1S/C11H17F3N6O/c1-7(11(12,13)14)21-10-17-8(19-15)16-9(18-10)20-5-3-2-4-6-20/h7H,2-6,15H2,1H3,(H,16,17,18,19). The minimum atomic E-state index is -4.49. The van der Waals surface area contributed by atoms with Crippen molar-refractivity contribution in [2.75, 3.05) is 23.4 Å². The van der Waals surface area contributed by atoms with Gasteiger partial charge in [-0.3, -0.25) is 5.43 Å². The first-order chi connectivity index (χ1) is 9.90. The molecule has 0 aliphatic carbocycles. The lowest BCUT2D eigenvalue weighted by Gasteiger charge is -2.27. The normalized spacial score (nSPS) is 17.5. The Morgan fingerprint density at radius 2 is 1.86 bits per heavy atom. The van der Waals surface area contributed by atoms with E-state index < -0.39 is 18.3 Å². The Labute approximate surface area is 119 Å². The Hall–Kier alpha value is -1.84. The number of hydrazine groups is 1. The van der Waals surface area contributed by atoms with E-state index in [9.17, 15) is 13.2 Å². The number of ether oxygens (including phenoxy) is 1. The van der Waals surface area contributed by atoms with Crippen LogP contribution in [0.5, 0.6) is 6.01 Å². The number of hydrogen-bond acceptors (Lipinski definition) is 7. The minimum absolute atomic E-state index is 0.0325. The van der Waals surface area contributed by atoms with E-state index in [1.165, 1.54) is 0 Å². The molecule has 10 heteroatoms. The maximum Gasteiger partial charge on any atom is 0.425 e. The van der Waals surface area contributed by atoms with Gasteiger partial charge in [-0.2, -0.15) is 28.1 Å². The predicted molar refractivity (Wildman–Crippen MR) is 69.8 cm³/mol. The van der Waals surface area contributed by atoms with E-state index in [0.717, 1.165) is 39.3 Å². The zero-order valence-corrected chi connectivity index (χ0v) is 11.5. The van der Waals surface area contributed by atoms with Gasteiger partial charge in [-0.15, -0.1) is 0 Å². The van der Waals surface area contributed by atoms with Crippen molar-refractivity contribution in [2.24, 2.45) is 5.84 Å². The molecule has 0 aromatic carbocycles. The average molecular weight is 306 g/mol. The van der Waals surface area contributed by atoms with Crippen LogP contribution >= 0.6 is 0 Å². The molecule has 0 radical (unpaired) electrons. The molecule has 1 aromatic heterocycles. The van der Waals surface area contributed by atoms with Crippen molar-refractivity contribution in [3.05, 3.63) is 0 Å². The number of halogens is 3. The quantitative estimate of drug-likeness (QED) is 0.643. The van der Waals surface area contributed by atoms with Gasteiger partial charge in [0, 0.05) is 13.1 Å². The number of aromatic nitrogens is 3. The lowest BCUT2D eigenvalue weighted by atomic mass is 10.1. The van der Waals surface area contributed by atoms with Gasteiger partial charge in [-0.1, -0.05) is 0 Å². The highest BCUT2D eigenvalue weighted by molar-refractivity contribution is 5.38. The summed E-state index contributed by atoms with van der Waals surface area (Å²) in [6.07, 6.45) is -3.44. The summed E-state index contributed by atoms with van der Waals surface area (Å²) >= 11 is 0. The number of nitrogen functional groups attached to an aromatic ring is 1. The van der Waals surface area contributed by atoms with E-state index in [1.54, 1.807) is 0 Å². The second-order valence-electron chi connectivity index (χ2n) is 4.74. The molecule has 0 amide bonds. The number of nitrogens with one attached hydrogen (secondary N) is 1. The van der Waals surface area contributed by atoms with Crippen LogP contribution in [0.3, 0.4) is 0 Å². The lowest BCUT2D eigenvalue weighted by molar-refractivity contribution is -0.190. The lowest BCUT2D eigenvalue weighted by Crippen LogP contribution is -2.34. The van der Waals surface area contributed by atoms with Crippen molar-refractivity contribution >= 4 is 11.9 Å². The SMILES string of the molecule is CC(Oc1nc(NN)nc(N2CCCCC2)n1)C(F)(F)F. The number of piperidine rings is 1. The molecule has 21 heavy (non-hydrogen) atoms. The highest BCUT2D eigenvalue weighted by atomic mass is 19.4. The maximum atomic E-state index is 12.5. The fraction of sp³-hybridized carbons (Fsp3) is 0.727. The Morgan fingerprint density at radius 1 is 1.19 bits per heavy atom. The molecule has 0 saturated carbocycles. The van der Waals surface area contributed by atoms with Gasteiger partial charge >= 0.3 is 12.2 Å². The average Bonchev–Trinajstić information content (AvgIpc) is 2.46. The smallest absolute Gasteiger partial charge is 0.425 e. The van der Waals surface area contributed by atoms with Crippen LogP contribution in [0.4, 0.5) is 25.1 Å². The molecule has 0 spiro atoms. The third-order valence-electron chi connectivity index (χ3n) is 3.11. The second-order valence-corrected chi connectivity index (χ2v) is 4.74. The topological polar surface area (TPSA) is 89.2 Å². The van der Waals surface area contributed by atoms with Crippen LogP contribution in [0.1, 0.15) is 26.2 Å². The van der Waals surface area contributed by atoms with Gasteiger partial charge < -0.3 is 9.64 Å². The number of rotatable bonds is 4. The number of alkyl halides is 3. The third-order valence-corrected chi connectivity index (χ3v) is 3.11. The zero-order valence-electron chi connectivity index (χ0n) is 11.5. The van der Waals surface area contributed by atoms with Crippen molar-refractivity contribution in [3.8, 4) is 6.01 Å². The molecule has 2 heterocycles. The molecule has 1 atom stereocenters. The summed E-state index contributed by atoms with van der Waals surface area (Å²) in [4.78, 5) is 13.6. The summed E-state index contributed by atoms with van der Waals surface area (Å²) in [6.45, 7) is 2.37. The summed E-state index contributed by atoms with van der Waals surface area (Å²) in [6, 6.07) is -0.400. The fourth-order valence-electron chi connectivity index (χ4n) is 1.92. The third kappa shape index (κ3) is 4.06. The van der Waals surface area contributed by atoms with Crippen LogP contribution in [0.15, 0.2) is 0 Å². The van der Waals surface area contributed by atoms with Crippen molar-refractivity contribution in [1.82, 2.24) is 15.0 Å². The van der Waals surface area contributed by atoms with Crippen LogP contribution in [0, 0.1) is 0 Å². The number of nitrogens with zero attached hydrogens (tertiary/aromatic N) is 4. The monoisotopic (exact) mass is 306 g/mol. The van der Waals surface area contributed by atoms with E-state index in [2.05, 4.69) is 20.4 Å². The number of hydrogen-bond donors (Lipinski definition) is 2. The number of anilines is 2. The van der Waals surface area contributed by atoms with Crippen molar-refractivity contribution in [3.63, 3.8) is 0 Å². The van der Waals surface area contributed by atoms with Gasteiger partial charge in [-0.25, -0.2) is 5.84 Å². The molecule has 1 unspecified atom stereocenters. The first-order valence-corrected chi connectivity index (χ1v) is 6.61. The summed E-state index contributed by atoms with van der Waals surface area (Å²) in [7, 11) is 0. The molecule has 7 nitrogen and oxygen atoms in total. The molecule has 118 valence electrons. The van der Waals surface area contributed by atoms with E-state index >= 15 is 0 Å². The van der Waals surface area contributed by atoms with E-state index in [-0.39, 0.29) is 11.9 Å². The summed E-state index contributed by atoms with van der Waals surface area (Å²) in [5.41, 5.74) is 2.21. The maximum absolute atomic E-state index is 12.5. The van der Waals surface area contributed by atoms with E-state index in [0.29, 0.717) is 0 Å². The predicted octanol–water partition coefficient (Wildman–Crippen LogP) is 1.48. The van der Waals surface area contributed by atoms with Gasteiger partial charge in [0.15, 0.2) is 6.10 Å². The summed E-state index contributed by atoms with van der Waals surface area (Å²) in [5, 5.41) is 0. The largest absolute Gasteiger partial charge is 0.451 e. The van der Waals surface area contributed by atoms with Gasteiger partial charge in [0.25, 0.3) is 0 Å². The van der Waals surface area contributed by atoms with Crippen LogP contribution in [0.2, 0.25) is 0 Å². The molecule has 0 bridgehead atoms. The molecule has 1 aliphatic heterocycles. The van der Waals surface area contributed by atoms with Crippen LogP contribution in [-0.4, -0.2) is 40.3 Å². The Bertz CT molecular complexity index is 478. The van der Waals surface area contributed by atoms with Crippen LogP contribution < -0.4 is 20.9 Å². The van der Waals surface area contributed by atoms with Crippen LogP contribution in [-0.2, 0) is 0 Å². The van der Waals surface area contributed by atoms with Crippen molar-refractivity contribution < 1.29 is 17.9 Å². The van der Waals surface area contributed by atoms with Crippen LogP contribution in [0.25, 0.3) is 0 Å². The first kappa shape index (κ1) is 15.5. The molecule has 3 N–H and O–H groups in total. The van der Waals surface area contributed by atoms with Crippen molar-refractivity contribution in [2.45, 2.75) is 38.5 Å². The summed E-state index contributed by atoms with van der Waals surface area (Å²) < 4.78 is 42.3. The Balaban J connectivity index is 2.20. The highest BCUT2D eigenvalue weighted by Gasteiger charge is 2.38. The molecule has 1 aromatic rings. The Morgan fingerprint density at radius 3 is 2.43 bits per heavy atom. The molecular weight excluding hydrogens is 289 g/mol. The first-order valence-electron chi connectivity index (χ1n) is 6.61. The Kier molecular flexibility index (Phi) is 4.66. The van der Waals surface area contributed by atoms with E-state index in [1.807, 2.05) is 4.90 Å².